The number of carbonyl (C=O) groups excluding carboxylic acids is 5. The second kappa shape index (κ2) is 10.0. The fourth-order valence-electron chi connectivity index (χ4n) is 2.77. The molecule has 0 bridgehead atoms. The average Bonchev–Trinajstić information content (AvgIpc) is 2.49. The molecule has 0 amide bonds. The molecule has 0 aromatic heterocycles. The number of carbonyl (C=O) groups is 5. The minimum absolute atomic E-state index is 0.154. The number of hydrogen-bond donors (Lipinski definition) is 0. The van der Waals surface area contributed by atoms with E-state index in [-0.39, 0.29) is 18.8 Å². The van der Waals surface area contributed by atoms with E-state index in [1.54, 1.807) is 0 Å². The molecule has 27 heavy (non-hydrogen) atoms. The molecule has 0 N–H and O–H groups in total. The van der Waals surface area contributed by atoms with Crippen LogP contribution in [-0.4, -0.2) is 66.8 Å². The Balaban J connectivity index is 3.29. The number of Topliss-reactive ketones (excluding diaryl/α,β-unsaturated/α-hetero) is 1. The van der Waals surface area contributed by atoms with E-state index in [1.165, 1.54) is 13.8 Å². The second-order valence-electron chi connectivity index (χ2n) is 6.14. The first-order valence-electron chi connectivity index (χ1n) is 8.31. The SMILES string of the molecule is CC(=O)C[C@H]1O[C@H](COC(C)=O)[C@@H](OC(C)=O)[C@@H](OC(C)=O)[C@@H]1OC(C)=O. The molecule has 1 aliphatic rings. The maximum atomic E-state index is 11.6. The summed E-state index contributed by atoms with van der Waals surface area (Å²) >= 11 is 0. The molecule has 0 aromatic rings. The highest BCUT2D eigenvalue weighted by molar-refractivity contribution is 5.76. The third-order valence-corrected chi connectivity index (χ3v) is 3.58. The summed E-state index contributed by atoms with van der Waals surface area (Å²) in [7, 11) is 0. The third-order valence-electron chi connectivity index (χ3n) is 3.58. The summed E-state index contributed by atoms with van der Waals surface area (Å²) in [5, 5.41) is 0. The standard InChI is InChI=1S/C17H24O10/c1-8(18)6-13-15(24-10(3)20)17(26-12(5)22)16(25-11(4)21)14(27-13)7-23-9(2)19/h13-17H,6-7H2,1-5H3/t13-,14-,15-,16-,17+/m1/s1. The quantitative estimate of drug-likeness (QED) is 0.436. The van der Waals surface area contributed by atoms with Crippen LogP contribution in [-0.2, 0) is 47.7 Å². The Morgan fingerprint density at radius 1 is 0.667 bits per heavy atom. The van der Waals surface area contributed by atoms with Gasteiger partial charge in [-0.3, -0.25) is 24.0 Å². The van der Waals surface area contributed by atoms with Gasteiger partial charge in [0.1, 0.15) is 24.6 Å². The van der Waals surface area contributed by atoms with Crippen molar-refractivity contribution in [1.82, 2.24) is 0 Å². The average molecular weight is 388 g/mol. The van der Waals surface area contributed by atoms with Gasteiger partial charge in [-0.1, -0.05) is 0 Å². The first-order valence-corrected chi connectivity index (χ1v) is 8.31. The maximum absolute atomic E-state index is 11.6. The zero-order valence-corrected chi connectivity index (χ0v) is 15.9. The molecule has 1 aliphatic heterocycles. The number of hydrogen-bond acceptors (Lipinski definition) is 10. The molecule has 10 nitrogen and oxygen atoms in total. The number of ether oxygens (including phenoxy) is 5. The molecule has 152 valence electrons. The lowest BCUT2D eigenvalue weighted by Gasteiger charge is -2.44. The van der Waals surface area contributed by atoms with Gasteiger partial charge < -0.3 is 23.7 Å². The molecule has 1 fully saturated rings. The molecule has 1 rings (SSSR count). The second-order valence-corrected chi connectivity index (χ2v) is 6.14. The van der Waals surface area contributed by atoms with Gasteiger partial charge in [-0.25, -0.2) is 0 Å². The third kappa shape index (κ3) is 7.33. The van der Waals surface area contributed by atoms with Gasteiger partial charge in [0.15, 0.2) is 18.3 Å². The summed E-state index contributed by atoms with van der Waals surface area (Å²) in [5.41, 5.74) is 0. The monoisotopic (exact) mass is 388 g/mol. The van der Waals surface area contributed by atoms with Crippen molar-refractivity contribution in [2.75, 3.05) is 6.61 Å². The van der Waals surface area contributed by atoms with Gasteiger partial charge in [-0.2, -0.15) is 0 Å². The summed E-state index contributed by atoms with van der Waals surface area (Å²) in [6, 6.07) is 0. The zero-order chi connectivity index (χ0) is 20.7. The highest BCUT2D eigenvalue weighted by atomic mass is 16.7. The normalized spacial score (nSPS) is 27.2. The molecule has 0 aliphatic carbocycles. The lowest BCUT2D eigenvalue weighted by atomic mass is 9.92. The Kier molecular flexibility index (Phi) is 8.35. The predicted molar refractivity (Wildman–Crippen MR) is 87.3 cm³/mol. The molecule has 10 heteroatoms. The van der Waals surface area contributed by atoms with E-state index < -0.39 is 54.4 Å². The Labute approximate surface area is 156 Å². The Morgan fingerprint density at radius 2 is 1.11 bits per heavy atom. The summed E-state index contributed by atoms with van der Waals surface area (Å²) in [6.07, 6.45) is -5.80. The van der Waals surface area contributed by atoms with E-state index >= 15 is 0 Å². The van der Waals surface area contributed by atoms with Crippen molar-refractivity contribution in [1.29, 1.82) is 0 Å². The minimum Gasteiger partial charge on any atom is -0.463 e. The van der Waals surface area contributed by atoms with Crippen molar-refractivity contribution in [3.63, 3.8) is 0 Å². The van der Waals surface area contributed by atoms with Gasteiger partial charge in [0.2, 0.25) is 0 Å². The Morgan fingerprint density at radius 3 is 1.52 bits per heavy atom. The van der Waals surface area contributed by atoms with E-state index in [2.05, 4.69) is 0 Å². The van der Waals surface area contributed by atoms with Gasteiger partial charge in [0, 0.05) is 34.1 Å². The topological polar surface area (TPSA) is 132 Å². The molecule has 0 aromatic carbocycles. The first kappa shape index (κ1) is 22.6. The zero-order valence-electron chi connectivity index (χ0n) is 15.9. The van der Waals surface area contributed by atoms with Crippen LogP contribution in [0.2, 0.25) is 0 Å². The number of esters is 4. The lowest BCUT2D eigenvalue weighted by molar-refractivity contribution is -0.252. The first-order chi connectivity index (χ1) is 12.5. The van der Waals surface area contributed by atoms with Gasteiger partial charge in [-0.05, 0) is 6.92 Å². The predicted octanol–water partition coefficient (Wildman–Crippen LogP) is 0.0911. The van der Waals surface area contributed by atoms with E-state index in [4.69, 9.17) is 23.7 Å². The van der Waals surface area contributed by atoms with Crippen molar-refractivity contribution < 1.29 is 47.7 Å². The van der Waals surface area contributed by atoms with E-state index in [0.29, 0.717) is 0 Å². The van der Waals surface area contributed by atoms with Crippen molar-refractivity contribution in [2.24, 2.45) is 0 Å². The van der Waals surface area contributed by atoms with Crippen LogP contribution in [0.4, 0.5) is 0 Å². The van der Waals surface area contributed by atoms with Crippen LogP contribution in [0.3, 0.4) is 0 Å². The van der Waals surface area contributed by atoms with Crippen molar-refractivity contribution in [3.05, 3.63) is 0 Å². The molecular weight excluding hydrogens is 364 g/mol. The van der Waals surface area contributed by atoms with E-state index in [1.807, 2.05) is 0 Å². The summed E-state index contributed by atoms with van der Waals surface area (Å²) in [6.45, 7) is 5.59. The smallest absolute Gasteiger partial charge is 0.303 e. The van der Waals surface area contributed by atoms with Gasteiger partial charge >= 0.3 is 23.9 Å². The fraction of sp³-hybridized carbons (Fsp3) is 0.706. The van der Waals surface area contributed by atoms with Crippen LogP contribution in [0.1, 0.15) is 41.0 Å². The number of ketones is 1. The van der Waals surface area contributed by atoms with Crippen LogP contribution in [0, 0.1) is 0 Å². The molecule has 1 saturated heterocycles. The van der Waals surface area contributed by atoms with Gasteiger partial charge in [0.05, 0.1) is 0 Å². The van der Waals surface area contributed by atoms with E-state index in [0.717, 1.165) is 20.8 Å². The molecule has 0 radical (unpaired) electrons. The molecule has 0 spiro atoms. The Bertz CT molecular complexity index is 599. The highest BCUT2D eigenvalue weighted by Gasteiger charge is 2.52. The summed E-state index contributed by atoms with van der Waals surface area (Å²) in [4.78, 5) is 57.4. The van der Waals surface area contributed by atoms with Crippen molar-refractivity contribution in [2.45, 2.75) is 71.6 Å². The fourth-order valence-corrected chi connectivity index (χ4v) is 2.77. The highest BCUT2D eigenvalue weighted by Crippen LogP contribution is 2.30. The van der Waals surface area contributed by atoms with Crippen LogP contribution < -0.4 is 0 Å². The maximum Gasteiger partial charge on any atom is 0.303 e. The van der Waals surface area contributed by atoms with Gasteiger partial charge in [0.25, 0.3) is 0 Å². The largest absolute Gasteiger partial charge is 0.463 e. The molecule has 1 heterocycles. The molecule has 0 saturated carbocycles. The van der Waals surface area contributed by atoms with E-state index in [9.17, 15) is 24.0 Å². The van der Waals surface area contributed by atoms with Crippen LogP contribution >= 0.6 is 0 Å². The number of rotatable bonds is 7. The minimum atomic E-state index is -1.24. The summed E-state index contributed by atoms with van der Waals surface area (Å²) < 4.78 is 26.3. The molecule has 5 atom stereocenters. The molecular formula is C17H24O10. The molecule has 0 unspecified atom stereocenters. The Hall–Kier alpha value is -2.49. The van der Waals surface area contributed by atoms with Crippen molar-refractivity contribution >= 4 is 29.7 Å². The van der Waals surface area contributed by atoms with Crippen molar-refractivity contribution in [3.8, 4) is 0 Å². The summed E-state index contributed by atoms with van der Waals surface area (Å²) in [5.74, 6) is -3.00. The van der Waals surface area contributed by atoms with Crippen LogP contribution in [0.25, 0.3) is 0 Å². The van der Waals surface area contributed by atoms with Crippen LogP contribution in [0.5, 0.6) is 0 Å². The van der Waals surface area contributed by atoms with Gasteiger partial charge in [-0.15, -0.1) is 0 Å². The van der Waals surface area contributed by atoms with Crippen LogP contribution in [0.15, 0.2) is 0 Å². The lowest BCUT2D eigenvalue weighted by Crippen LogP contribution is -2.62.